The van der Waals surface area contributed by atoms with Crippen LogP contribution in [0, 0.1) is 12.7 Å². The first-order valence-corrected chi connectivity index (χ1v) is 6.11. The Balaban J connectivity index is 2.68. The van der Waals surface area contributed by atoms with Gasteiger partial charge in [0.15, 0.2) is 0 Å². The average molecular weight is 239 g/mol. The summed E-state index contributed by atoms with van der Waals surface area (Å²) in [6, 6.07) is 5.13. The van der Waals surface area contributed by atoms with Crippen molar-refractivity contribution in [3.05, 3.63) is 35.1 Å². The Morgan fingerprint density at radius 2 is 2.12 bits per heavy atom. The van der Waals surface area contributed by atoms with Crippen molar-refractivity contribution in [3.8, 4) is 0 Å². The summed E-state index contributed by atoms with van der Waals surface area (Å²) < 4.78 is 13.5. The van der Waals surface area contributed by atoms with Crippen molar-refractivity contribution in [1.82, 2.24) is 5.32 Å². The highest BCUT2D eigenvalue weighted by Gasteiger charge is 2.20. The quantitative estimate of drug-likeness (QED) is 0.800. The summed E-state index contributed by atoms with van der Waals surface area (Å²) >= 11 is 0. The Labute approximate surface area is 103 Å². The zero-order chi connectivity index (χ0) is 12.9. The second-order valence-electron chi connectivity index (χ2n) is 4.84. The monoisotopic (exact) mass is 239 g/mol. The van der Waals surface area contributed by atoms with Gasteiger partial charge in [-0.1, -0.05) is 24.6 Å². The molecule has 0 saturated heterocycles. The largest absolute Gasteiger partial charge is 0.396 e. The number of hydrogen-bond donors (Lipinski definition) is 2. The number of aliphatic hydroxyl groups excluding tert-OH is 1. The van der Waals surface area contributed by atoms with E-state index in [2.05, 4.69) is 19.2 Å². The van der Waals surface area contributed by atoms with Gasteiger partial charge in [-0.15, -0.1) is 0 Å². The number of nitrogens with one attached hydrogen (secondary N) is 1. The Morgan fingerprint density at radius 1 is 1.41 bits per heavy atom. The van der Waals surface area contributed by atoms with E-state index < -0.39 is 0 Å². The summed E-state index contributed by atoms with van der Waals surface area (Å²) in [5, 5.41) is 12.3. The van der Waals surface area contributed by atoms with Crippen LogP contribution in [-0.2, 0) is 6.54 Å². The molecule has 3 heteroatoms. The second-order valence-corrected chi connectivity index (χ2v) is 4.84. The first-order valence-electron chi connectivity index (χ1n) is 6.11. The second kappa shape index (κ2) is 6.12. The maximum absolute atomic E-state index is 13.5. The fourth-order valence-corrected chi connectivity index (χ4v) is 1.78. The van der Waals surface area contributed by atoms with Crippen LogP contribution in [0.1, 0.15) is 37.8 Å². The number of aliphatic hydroxyl groups is 1. The summed E-state index contributed by atoms with van der Waals surface area (Å²) in [7, 11) is 0. The van der Waals surface area contributed by atoms with Crippen LogP contribution in [0.5, 0.6) is 0 Å². The van der Waals surface area contributed by atoms with Gasteiger partial charge in [-0.05, 0) is 32.8 Å². The molecule has 0 radical (unpaired) electrons. The standard InChI is InChI=1S/C14H22FNO/c1-4-14(3,7-8-17)16-10-12-9-11(2)5-6-13(12)15/h5-6,9,16-17H,4,7-8,10H2,1-3H3. The van der Waals surface area contributed by atoms with Crippen LogP contribution in [0.2, 0.25) is 0 Å². The fraction of sp³-hybridized carbons (Fsp3) is 0.571. The number of rotatable bonds is 6. The van der Waals surface area contributed by atoms with Gasteiger partial charge in [0.1, 0.15) is 5.82 Å². The van der Waals surface area contributed by atoms with Crippen LogP contribution in [0.3, 0.4) is 0 Å². The van der Waals surface area contributed by atoms with E-state index in [1.807, 2.05) is 13.0 Å². The number of aryl methyl sites for hydroxylation is 1. The molecule has 0 saturated carbocycles. The van der Waals surface area contributed by atoms with E-state index in [0.29, 0.717) is 18.5 Å². The number of benzene rings is 1. The SMILES string of the molecule is CCC(C)(CCO)NCc1cc(C)ccc1F. The summed E-state index contributed by atoms with van der Waals surface area (Å²) in [6.07, 6.45) is 1.58. The van der Waals surface area contributed by atoms with Crippen molar-refractivity contribution in [1.29, 1.82) is 0 Å². The van der Waals surface area contributed by atoms with Crippen LogP contribution in [0.15, 0.2) is 18.2 Å². The molecule has 2 nitrogen and oxygen atoms in total. The molecular weight excluding hydrogens is 217 g/mol. The van der Waals surface area contributed by atoms with Crippen molar-refractivity contribution < 1.29 is 9.50 Å². The zero-order valence-corrected chi connectivity index (χ0v) is 10.9. The van der Waals surface area contributed by atoms with E-state index in [1.165, 1.54) is 6.07 Å². The Kier molecular flexibility index (Phi) is 5.09. The van der Waals surface area contributed by atoms with Crippen LogP contribution >= 0.6 is 0 Å². The normalized spacial score (nSPS) is 14.6. The number of halogens is 1. The summed E-state index contributed by atoms with van der Waals surface area (Å²) in [5.74, 6) is -0.175. The predicted molar refractivity (Wildman–Crippen MR) is 68.4 cm³/mol. The molecule has 0 amide bonds. The van der Waals surface area contributed by atoms with Crippen molar-refractivity contribution in [2.75, 3.05) is 6.61 Å². The van der Waals surface area contributed by atoms with Crippen LogP contribution in [-0.4, -0.2) is 17.3 Å². The van der Waals surface area contributed by atoms with Crippen molar-refractivity contribution in [3.63, 3.8) is 0 Å². The van der Waals surface area contributed by atoms with Gasteiger partial charge in [0.05, 0.1) is 0 Å². The molecule has 0 aliphatic carbocycles. The van der Waals surface area contributed by atoms with Crippen molar-refractivity contribution in [2.45, 2.75) is 45.7 Å². The Hall–Kier alpha value is -0.930. The first-order chi connectivity index (χ1) is 8.00. The van der Waals surface area contributed by atoms with Crippen LogP contribution in [0.4, 0.5) is 4.39 Å². The lowest BCUT2D eigenvalue weighted by Crippen LogP contribution is -2.42. The van der Waals surface area contributed by atoms with Crippen LogP contribution in [0.25, 0.3) is 0 Å². The lowest BCUT2D eigenvalue weighted by molar-refractivity contribution is 0.214. The topological polar surface area (TPSA) is 32.3 Å². The van der Waals surface area contributed by atoms with Gasteiger partial charge in [-0.3, -0.25) is 0 Å². The van der Waals surface area contributed by atoms with E-state index in [1.54, 1.807) is 6.07 Å². The third-order valence-corrected chi connectivity index (χ3v) is 3.35. The summed E-state index contributed by atoms with van der Waals surface area (Å²) in [4.78, 5) is 0. The molecule has 2 N–H and O–H groups in total. The van der Waals surface area contributed by atoms with E-state index in [-0.39, 0.29) is 18.0 Å². The molecule has 0 aliphatic heterocycles. The van der Waals surface area contributed by atoms with Gasteiger partial charge in [-0.25, -0.2) is 4.39 Å². The van der Waals surface area contributed by atoms with Crippen LogP contribution < -0.4 is 5.32 Å². The lowest BCUT2D eigenvalue weighted by Gasteiger charge is -2.29. The first kappa shape index (κ1) is 14.1. The molecule has 1 atom stereocenters. The van der Waals surface area contributed by atoms with Gasteiger partial charge < -0.3 is 10.4 Å². The van der Waals surface area contributed by atoms with Gasteiger partial charge in [0.2, 0.25) is 0 Å². The van der Waals surface area contributed by atoms with Gasteiger partial charge in [0, 0.05) is 24.3 Å². The predicted octanol–water partition coefficient (Wildman–Crippen LogP) is 2.77. The highest BCUT2D eigenvalue weighted by Crippen LogP contribution is 2.16. The molecule has 1 rings (SSSR count). The van der Waals surface area contributed by atoms with Gasteiger partial charge >= 0.3 is 0 Å². The molecule has 1 aromatic rings. The molecule has 17 heavy (non-hydrogen) atoms. The molecule has 0 bridgehead atoms. The molecular formula is C14H22FNO. The maximum Gasteiger partial charge on any atom is 0.127 e. The van der Waals surface area contributed by atoms with E-state index >= 15 is 0 Å². The third-order valence-electron chi connectivity index (χ3n) is 3.35. The molecule has 0 heterocycles. The van der Waals surface area contributed by atoms with Crippen molar-refractivity contribution in [2.24, 2.45) is 0 Å². The fourth-order valence-electron chi connectivity index (χ4n) is 1.78. The molecule has 1 unspecified atom stereocenters. The van der Waals surface area contributed by atoms with E-state index in [9.17, 15) is 4.39 Å². The molecule has 0 aliphatic rings. The van der Waals surface area contributed by atoms with Gasteiger partial charge in [-0.2, -0.15) is 0 Å². The Bertz CT molecular complexity index is 367. The smallest absolute Gasteiger partial charge is 0.127 e. The maximum atomic E-state index is 13.5. The van der Waals surface area contributed by atoms with Crippen molar-refractivity contribution >= 4 is 0 Å². The van der Waals surface area contributed by atoms with E-state index in [4.69, 9.17) is 5.11 Å². The average Bonchev–Trinajstić information content (AvgIpc) is 2.31. The Morgan fingerprint density at radius 3 is 2.71 bits per heavy atom. The molecule has 1 aromatic carbocycles. The molecule has 96 valence electrons. The summed E-state index contributed by atoms with van der Waals surface area (Å²) in [5.41, 5.74) is 1.61. The summed E-state index contributed by atoms with van der Waals surface area (Å²) in [6.45, 7) is 6.72. The minimum atomic E-state index is -0.175. The lowest BCUT2D eigenvalue weighted by atomic mass is 9.94. The number of hydrogen-bond acceptors (Lipinski definition) is 2. The highest BCUT2D eigenvalue weighted by molar-refractivity contribution is 5.24. The van der Waals surface area contributed by atoms with Gasteiger partial charge in [0.25, 0.3) is 0 Å². The molecule has 0 aromatic heterocycles. The highest BCUT2D eigenvalue weighted by atomic mass is 19.1. The molecule has 0 fully saturated rings. The minimum Gasteiger partial charge on any atom is -0.396 e. The third kappa shape index (κ3) is 4.10. The molecule has 0 spiro atoms. The minimum absolute atomic E-state index is 0.134. The zero-order valence-electron chi connectivity index (χ0n) is 10.9. The van der Waals surface area contributed by atoms with E-state index in [0.717, 1.165) is 12.0 Å².